The van der Waals surface area contributed by atoms with E-state index in [1.54, 1.807) is 4.68 Å². The maximum absolute atomic E-state index is 6.16. The largest absolute Gasteiger partial charge is 0.327 e. The number of rotatable bonds is 5. The van der Waals surface area contributed by atoms with Crippen molar-refractivity contribution in [3.63, 3.8) is 0 Å². The third kappa shape index (κ3) is 4.11. The summed E-state index contributed by atoms with van der Waals surface area (Å²) in [5, 5.41) is 8.01. The third-order valence-electron chi connectivity index (χ3n) is 3.79. The van der Waals surface area contributed by atoms with Crippen molar-refractivity contribution in [2.75, 3.05) is 0 Å². The molecule has 0 saturated heterocycles. The molecule has 1 aromatic heterocycles. The van der Waals surface area contributed by atoms with Gasteiger partial charge < -0.3 is 5.73 Å². The second kappa shape index (κ2) is 6.15. The van der Waals surface area contributed by atoms with Crippen LogP contribution < -0.4 is 5.73 Å². The van der Waals surface area contributed by atoms with Gasteiger partial charge in [-0.15, -0.1) is 5.10 Å². The molecule has 0 radical (unpaired) electrons. The van der Waals surface area contributed by atoms with Crippen LogP contribution in [0.25, 0.3) is 0 Å². The fourth-order valence-corrected chi connectivity index (χ4v) is 2.79. The van der Waals surface area contributed by atoms with Crippen molar-refractivity contribution in [2.24, 2.45) is 18.7 Å². The van der Waals surface area contributed by atoms with Gasteiger partial charge in [0.2, 0.25) is 0 Å². The number of hydrogen-bond donors (Lipinski definition) is 1. The fourth-order valence-electron chi connectivity index (χ4n) is 2.79. The number of nitrogens with two attached hydrogens (primary N) is 1. The van der Waals surface area contributed by atoms with Gasteiger partial charge >= 0.3 is 0 Å². The molecule has 0 aliphatic heterocycles. The Kier molecular flexibility index (Phi) is 4.54. The van der Waals surface area contributed by atoms with Crippen LogP contribution in [0.4, 0.5) is 0 Å². The summed E-state index contributed by atoms with van der Waals surface area (Å²) in [6.07, 6.45) is 12.3. The molecule has 2 rings (SSSR count). The minimum Gasteiger partial charge on any atom is -0.327 e. The van der Waals surface area contributed by atoms with Crippen LogP contribution in [-0.4, -0.2) is 21.0 Å². The van der Waals surface area contributed by atoms with Gasteiger partial charge in [-0.1, -0.05) is 37.3 Å². The molecule has 1 aromatic rings. The van der Waals surface area contributed by atoms with Gasteiger partial charge in [0.1, 0.15) is 0 Å². The lowest BCUT2D eigenvalue weighted by molar-refractivity contribution is 0.322. The Morgan fingerprint density at radius 2 is 2.18 bits per heavy atom. The normalized spacial score (nSPS) is 19.4. The van der Waals surface area contributed by atoms with Gasteiger partial charge in [0.05, 0.1) is 5.69 Å². The highest BCUT2D eigenvalue weighted by molar-refractivity contribution is 4.95. The maximum atomic E-state index is 6.16. The Hall–Kier alpha value is -0.900. The Labute approximate surface area is 104 Å². The highest BCUT2D eigenvalue weighted by Crippen LogP contribution is 2.27. The first-order valence-corrected chi connectivity index (χ1v) is 6.85. The Balaban J connectivity index is 1.68. The molecular formula is C13H24N4. The second-order valence-corrected chi connectivity index (χ2v) is 5.43. The molecule has 1 aliphatic carbocycles. The first kappa shape index (κ1) is 12.6. The smallest absolute Gasteiger partial charge is 0.0842 e. The van der Waals surface area contributed by atoms with Crippen LogP contribution in [0.15, 0.2) is 6.20 Å². The Morgan fingerprint density at radius 3 is 2.82 bits per heavy atom. The van der Waals surface area contributed by atoms with Crippen molar-refractivity contribution < 1.29 is 0 Å². The van der Waals surface area contributed by atoms with E-state index in [0.717, 1.165) is 24.5 Å². The molecule has 1 fully saturated rings. The molecule has 17 heavy (non-hydrogen) atoms. The van der Waals surface area contributed by atoms with E-state index < -0.39 is 0 Å². The summed E-state index contributed by atoms with van der Waals surface area (Å²) in [6, 6.07) is 0.244. The van der Waals surface area contributed by atoms with Crippen LogP contribution in [0.5, 0.6) is 0 Å². The topological polar surface area (TPSA) is 56.7 Å². The fraction of sp³-hybridized carbons (Fsp3) is 0.846. The van der Waals surface area contributed by atoms with Gasteiger partial charge in [0.25, 0.3) is 0 Å². The maximum Gasteiger partial charge on any atom is 0.0842 e. The average Bonchev–Trinajstić information content (AvgIpc) is 2.73. The van der Waals surface area contributed by atoms with Crippen LogP contribution in [0, 0.1) is 5.92 Å². The van der Waals surface area contributed by atoms with E-state index in [1.165, 1.54) is 38.5 Å². The van der Waals surface area contributed by atoms with Crippen molar-refractivity contribution in [3.8, 4) is 0 Å². The van der Waals surface area contributed by atoms with E-state index in [-0.39, 0.29) is 6.04 Å². The van der Waals surface area contributed by atoms with E-state index in [4.69, 9.17) is 5.73 Å². The Bertz CT molecular complexity index is 328. The van der Waals surface area contributed by atoms with Crippen molar-refractivity contribution in [1.82, 2.24) is 15.0 Å². The third-order valence-corrected chi connectivity index (χ3v) is 3.79. The molecule has 96 valence electrons. The average molecular weight is 236 g/mol. The molecule has 1 atom stereocenters. The minimum absolute atomic E-state index is 0.244. The van der Waals surface area contributed by atoms with E-state index in [9.17, 15) is 0 Å². The summed E-state index contributed by atoms with van der Waals surface area (Å²) in [7, 11) is 1.89. The molecule has 0 aromatic carbocycles. The zero-order valence-corrected chi connectivity index (χ0v) is 10.8. The van der Waals surface area contributed by atoms with Crippen molar-refractivity contribution in [2.45, 2.75) is 57.4 Å². The molecule has 4 heteroatoms. The molecule has 2 N–H and O–H groups in total. The number of nitrogens with zero attached hydrogens (tertiary/aromatic N) is 3. The highest BCUT2D eigenvalue weighted by atomic mass is 15.4. The monoisotopic (exact) mass is 236 g/mol. The van der Waals surface area contributed by atoms with Gasteiger partial charge in [0.15, 0.2) is 0 Å². The summed E-state index contributed by atoms with van der Waals surface area (Å²) >= 11 is 0. The number of aromatic nitrogens is 3. The first-order chi connectivity index (χ1) is 8.24. The van der Waals surface area contributed by atoms with Gasteiger partial charge in [-0.3, -0.25) is 4.68 Å². The summed E-state index contributed by atoms with van der Waals surface area (Å²) < 4.78 is 1.74. The molecule has 0 spiro atoms. The highest BCUT2D eigenvalue weighted by Gasteiger charge is 2.15. The lowest BCUT2D eigenvalue weighted by Crippen LogP contribution is -2.24. The minimum atomic E-state index is 0.244. The summed E-state index contributed by atoms with van der Waals surface area (Å²) in [5.74, 6) is 0.927. The number of hydrogen-bond acceptors (Lipinski definition) is 3. The lowest BCUT2D eigenvalue weighted by Gasteiger charge is -2.22. The Morgan fingerprint density at radius 1 is 1.41 bits per heavy atom. The SMILES string of the molecule is Cn1cc(CC(N)CCC2CCCCC2)nn1. The first-order valence-electron chi connectivity index (χ1n) is 6.85. The standard InChI is InChI=1S/C13H24N4/c1-17-10-13(15-16-17)9-12(14)8-7-11-5-3-2-4-6-11/h10-12H,2-9,14H2,1H3. The van der Waals surface area contributed by atoms with E-state index in [2.05, 4.69) is 10.3 Å². The molecule has 1 unspecified atom stereocenters. The molecule has 0 amide bonds. The van der Waals surface area contributed by atoms with E-state index in [0.29, 0.717) is 0 Å². The predicted molar refractivity (Wildman–Crippen MR) is 68.5 cm³/mol. The van der Waals surface area contributed by atoms with Crippen LogP contribution >= 0.6 is 0 Å². The van der Waals surface area contributed by atoms with Gasteiger partial charge in [-0.2, -0.15) is 0 Å². The van der Waals surface area contributed by atoms with Crippen molar-refractivity contribution in [3.05, 3.63) is 11.9 Å². The molecule has 1 saturated carbocycles. The zero-order valence-electron chi connectivity index (χ0n) is 10.8. The van der Waals surface area contributed by atoms with Crippen molar-refractivity contribution >= 4 is 0 Å². The van der Waals surface area contributed by atoms with Crippen LogP contribution in [0.3, 0.4) is 0 Å². The van der Waals surface area contributed by atoms with E-state index in [1.807, 2.05) is 13.2 Å². The molecule has 0 bridgehead atoms. The van der Waals surface area contributed by atoms with Gasteiger partial charge in [-0.25, -0.2) is 0 Å². The quantitative estimate of drug-likeness (QED) is 0.851. The zero-order chi connectivity index (χ0) is 12.1. The van der Waals surface area contributed by atoms with Crippen molar-refractivity contribution in [1.29, 1.82) is 0 Å². The molecule has 4 nitrogen and oxygen atoms in total. The van der Waals surface area contributed by atoms with Gasteiger partial charge in [-0.05, 0) is 18.8 Å². The lowest BCUT2D eigenvalue weighted by atomic mass is 9.85. The molecular weight excluding hydrogens is 212 g/mol. The summed E-state index contributed by atoms with van der Waals surface area (Å²) in [5.41, 5.74) is 7.17. The van der Waals surface area contributed by atoms with E-state index >= 15 is 0 Å². The predicted octanol–water partition coefficient (Wildman–Crippen LogP) is 2.05. The molecule has 1 aliphatic rings. The molecule has 1 heterocycles. The van der Waals surface area contributed by atoms with Crippen LogP contribution in [-0.2, 0) is 13.5 Å². The van der Waals surface area contributed by atoms with Gasteiger partial charge in [0, 0.05) is 25.7 Å². The summed E-state index contributed by atoms with van der Waals surface area (Å²) in [4.78, 5) is 0. The summed E-state index contributed by atoms with van der Waals surface area (Å²) in [6.45, 7) is 0. The second-order valence-electron chi connectivity index (χ2n) is 5.43. The van der Waals surface area contributed by atoms with Crippen LogP contribution in [0.1, 0.15) is 50.6 Å². The van der Waals surface area contributed by atoms with Crippen LogP contribution in [0.2, 0.25) is 0 Å². The number of aryl methyl sites for hydroxylation is 1.